The fourth-order valence-corrected chi connectivity index (χ4v) is 4.19. The van der Waals surface area contributed by atoms with Crippen LogP contribution in [0.1, 0.15) is 24.2 Å². The fourth-order valence-electron chi connectivity index (χ4n) is 3.89. The summed E-state index contributed by atoms with van der Waals surface area (Å²) in [6, 6.07) is 11.8. The maximum atomic E-state index is 12.8. The van der Waals surface area contributed by atoms with Crippen molar-refractivity contribution in [1.29, 1.82) is 0 Å². The Bertz CT molecular complexity index is 1270. The summed E-state index contributed by atoms with van der Waals surface area (Å²) in [7, 11) is 1.52. The van der Waals surface area contributed by atoms with Crippen molar-refractivity contribution in [2.75, 3.05) is 31.1 Å². The number of anilines is 1. The Morgan fingerprint density at radius 2 is 1.62 bits per heavy atom. The number of nitro groups is 1. The number of hydrogen-bond acceptors (Lipinski definition) is 6. The van der Waals surface area contributed by atoms with E-state index in [4.69, 9.17) is 23.2 Å². The number of benzene rings is 2. The first kappa shape index (κ1) is 27.1. The molecule has 3 N–H and O–H groups in total. The Morgan fingerprint density at radius 1 is 1.00 bits per heavy atom. The summed E-state index contributed by atoms with van der Waals surface area (Å²) in [5, 5.41) is 13.1. The number of rotatable bonds is 3. The zero-order valence-electron chi connectivity index (χ0n) is 19.3. The maximum Gasteiger partial charge on any atom is 0.357 e. The zero-order chi connectivity index (χ0) is 24.3. The van der Waals surface area contributed by atoms with Gasteiger partial charge in [0.2, 0.25) is 0 Å². The highest BCUT2D eigenvalue weighted by atomic mass is 35.5. The molecular weight excluding hydrogens is 481 g/mol. The minimum atomic E-state index is -0.659. The molecule has 34 heavy (non-hydrogen) atoms. The van der Waals surface area contributed by atoms with Crippen LogP contribution in [0.3, 0.4) is 0 Å². The van der Waals surface area contributed by atoms with Gasteiger partial charge in [0.25, 0.3) is 5.91 Å². The highest BCUT2D eigenvalue weighted by molar-refractivity contribution is 6.42. The van der Waals surface area contributed by atoms with Crippen LogP contribution < -0.4 is 16.6 Å². The summed E-state index contributed by atoms with van der Waals surface area (Å²) in [4.78, 5) is 40.2. The van der Waals surface area contributed by atoms with Gasteiger partial charge in [-0.2, -0.15) is 0 Å². The third-order valence-electron chi connectivity index (χ3n) is 5.48. The first-order valence-corrected chi connectivity index (χ1v) is 11.3. The number of halogens is 2. The number of carbonyl (C=O) groups excluding carboxylic acids is 1. The van der Waals surface area contributed by atoms with Crippen molar-refractivity contribution in [1.82, 2.24) is 15.6 Å². The summed E-state index contributed by atoms with van der Waals surface area (Å²) in [5.41, 5.74) is 0.221. The molecule has 0 bridgehead atoms. The van der Waals surface area contributed by atoms with Crippen molar-refractivity contribution in [3.63, 3.8) is 0 Å². The molecule has 9 nitrogen and oxygen atoms in total. The van der Waals surface area contributed by atoms with Gasteiger partial charge in [-0.25, -0.2) is 0 Å². The molecule has 0 saturated carbocycles. The van der Waals surface area contributed by atoms with Crippen molar-refractivity contribution in [3.05, 3.63) is 78.5 Å². The number of hydrogen-bond donors (Lipinski definition) is 1. The lowest BCUT2D eigenvalue weighted by Crippen LogP contribution is -2.49. The summed E-state index contributed by atoms with van der Waals surface area (Å²) in [6.07, 6.45) is 0. The van der Waals surface area contributed by atoms with Crippen LogP contribution in [0.2, 0.25) is 10.0 Å². The SMILES string of the molecule is CC.Cn1c(=O)c([N+](=O)[O-])c(N2CCN(C(=O)c3ccc(Cl)c(Cl)c3)CC2)c2ccccc21.N. The lowest BCUT2D eigenvalue weighted by Gasteiger charge is -2.36. The maximum absolute atomic E-state index is 12.8. The number of aromatic nitrogens is 1. The van der Waals surface area contributed by atoms with E-state index in [1.54, 1.807) is 46.2 Å². The quantitative estimate of drug-likeness (QED) is 0.396. The first-order chi connectivity index (χ1) is 15.8. The summed E-state index contributed by atoms with van der Waals surface area (Å²) >= 11 is 11.9. The van der Waals surface area contributed by atoms with Gasteiger partial charge in [0, 0.05) is 44.2 Å². The Hall–Kier alpha value is -3.14. The molecule has 2 heterocycles. The van der Waals surface area contributed by atoms with Crippen molar-refractivity contribution in [3.8, 4) is 0 Å². The third-order valence-corrected chi connectivity index (χ3v) is 6.22. The normalized spacial score (nSPS) is 13.1. The van der Waals surface area contributed by atoms with Crippen molar-refractivity contribution in [2.24, 2.45) is 7.05 Å². The van der Waals surface area contributed by atoms with E-state index in [2.05, 4.69) is 0 Å². The van der Waals surface area contributed by atoms with Gasteiger partial charge in [-0.3, -0.25) is 19.7 Å². The number of nitrogens with zero attached hydrogens (tertiary/aromatic N) is 4. The van der Waals surface area contributed by atoms with Crippen LogP contribution in [-0.4, -0.2) is 46.5 Å². The van der Waals surface area contributed by atoms with Crippen LogP contribution in [-0.2, 0) is 7.05 Å². The van der Waals surface area contributed by atoms with Crippen LogP contribution in [0.4, 0.5) is 11.4 Å². The van der Waals surface area contributed by atoms with E-state index in [1.807, 2.05) is 13.8 Å². The second-order valence-corrected chi connectivity index (χ2v) is 8.06. The molecule has 1 saturated heterocycles. The van der Waals surface area contributed by atoms with E-state index in [9.17, 15) is 19.7 Å². The van der Waals surface area contributed by atoms with Crippen LogP contribution in [0, 0.1) is 10.1 Å². The van der Waals surface area contributed by atoms with Crippen molar-refractivity contribution < 1.29 is 9.72 Å². The first-order valence-electron chi connectivity index (χ1n) is 10.5. The second kappa shape index (κ2) is 11.3. The average Bonchev–Trinajstić information content (AvgIpc) is 2.83. The predicted octanol–water partition coefficient (Wildman–Crippen LogP) is 4.90. The van der Waals surface area contributed by atoms with Crippen molar-refractivity contribution >= 4 is 51.4 Å². The molecule has 0 spiro atoms. The lowest BCUT2D eigenvalue weighted by atomic mass is 10.1. The Kier molecular flexibility index (Phi) is 9.03. The number of para-hydroxylation sites is 1. The standard InChI is InChI=1S/C21H18Cl2N4O4.C2H6.H3N/c1-24-17-5-3-2-4-14(17)18(19(21(24)29)27(30)31)25-8-10-26(11-9-25)20(28)13-6-7-15(22)16(23)12-13;1-2;/h2-7,12H,8-11H2,1H3;1-2H3;1H3. The molecule has 1 amide bonds. The molecule has 4 rings (SSSR count). The third kappa shape index (κ3) is 5.01. The van der Waals surface area contributed by atoms with Gasteiger partial charge in [-0.05, 0) is 24.3 Å². The van der Waals surface area contributed by atoms with Crippen LogP contribution in [0.25, 0.3) is 10.9 Å². The molecule has 11 heteroatoms. The van der Waals surface area contributed by atoms with Gasteiger partial charge >= 0.3 is 11.2 Å². The van der Waals surface area contributed by atoms with E-state index in [-0.39, 0.29) is 12.1 Å². The summed E-state index contributed by atoms with van der Waals surface area (Å²) in [6.45, 7) is 5.40. The minimum absolute atomic E-state index is 0. The van der Waals surface area contributed by atoms with Gasteiger partial charge in [-0.1, -0.05) is 55.2 Å². The highest BCUT2D eigenvalue weighted by Gasteiger charge is 2.31. The van der Waals surface area contributed by atoms with Gasteiger partial charge in [0.15, 0.2) is 0 Å². The van der Waals surface area contributed by atoms with Crippen molar-refractivity contribution in [2.45, 2.75) is 13.8 Å². The number of aryl methyl sites for hydroxylation is 1. The highest BCUT2D eigenvalue weighted by Crippen LogP contribution is 2.34. The monoisotopic (exact) mass is 507 g/mol. The molecule has 0 atom stereocenters. The molecule has 0 unspecified atom stereocenters. The number of pyridine rings is 1. The molecule has 1 fully saturated rings. The van der Waals surface area contributed by atoms with Gasteiger partial charge in [0.1, 0.15) is 5.69 Å². The molecule has 3 aromatic rings. The van der Waals surface area contributed by atoms with Crippen LogP contribution >= 0.6 is 23.2 Å². The smallest absolute Gasteiger partial charge is 0.357 e. The molecule has 1 aromatic heterocycles. The molecule has 1 aliphatic heterocycles. The Morgan fingerprint density at radius 3 is 2.21 bits per heavy atom. The van der Waals surface area contributed by atoms with Crippen LogP contribution in [0.5, 0.6) is 0 Å². The Balaban J connectivity index is 0.00000133. The number of amides is 1. The molecule has 0 aliphatic carbocycles. The van der Waals surface area contributed by atoms with Gasteiger partial charge < -0.3 is 20.5 Å². The van der Waals surface area contributed by atoms with E-state index in [0.717, 1.165) is 0 Å². The second-order valence-electron chi connectivity index (χ2n) is 7.24. The molecule has 0 radical (unpaired) electrons. The topological polar surface area (TPSA) is 124 Å². The van der Waals surface area contributed by atoms with Gasteiger partial charge in [-0.15, -0.1) is 0 Å². The van der Waals surface area contributed by atoms with Crippen LogP contribution in [0.15, 0.2) is 47.3 Å². The molecule has 182 valence electrons. The number of carbonyl (C=O) groups is 1. The lowest BCUT2D eigenvalue weighted by molar-refractivity contribution is -0.385. The van der Waals surface area contributed by atoms with E-state index in [1.165, 1.54) is 17.7 Å². The Labute approximate surface area is 207 Å². The zero-order valence-corrected chi connectivity index (χ0v) is 20.8. The minimum Gasteiger partial charge on any atom is -0.362 e. The predicted molar refractivity (Wildman–Crippen MR) is 137 cm³/mol. The molecule has 2 aromatic carbocycles. The summed E-state index contributed by atoms with van der Waals surface area (Å²) in [5.74, 6) is -0.193. The molecular formula is C23H27Cl2N5O4. The average molecular weight is 508 g/mol. The number of piperazine rings is 1. The summed E-state index contributed by atoms with van der Waals surface area (Å²) < 4.78 is 1.29. The molecule has 1 aliphatic rings. The number of fused-ring (bicyclic) bond motifs is 1. The van der Waals surface area contributed by atoms with Gasteiger partial charge in [0.05, 0.1) is 20.5 Å². The van der Waals surface area contributed by atoms with E-state index in [0.29, 0.717) is 58.4 Å². The van der Waals surface area contributed by atoms with E-state index < -0.39 is 16.2 Å². The largest absolute Gasteiger partial charge is 0.362 e. The fraction of sp³-hybridized carbons (Fsp3) is 0.304. The van der Waals surface area contributed by atoms with E-state index >= 15 is 0 Å².